The van der Waals surface area contributed by atoms with Crippen LogP contribution in [-0.4, -0.2) is 48.4 Å². The number of carbonyl (C=O) groups is 1. The molecule has 0 radical (unpaired) electrons. The lowest BCUT2D eigenvalue weighted by Gasteiger charge is -2.34. The number of hydrogen-bond acceptors (Lipinski definition) is 4. The van der Waals surface area contributed by atoms with Crippen LogP contribution in [0.4, 0.5) is 4.39 Å². The third kappa shape index (κ3) is 3.60. The highest BCUT2D eigenvalue weighted by atomic mass is 79.9. The minimum Gasteiger partial charge on any atom is -0.320 e. The molecule has 8 heteroatoms. The maximum atomic E-state index is 13.9. The van der Waals surface area contributed by atoms with Crippen LogP contribution in [0.1, 0.15) is 17.3 Å². The van der Waals surface area contributed by atoms with E-state index >= 15 is 0 Å². The second-order valence-corrected chi connectivity index (χ2v) is 9.12. The number of benzene rings is 1. The van der Waals surface area contributed by atoms with Crippen molar-refractivity contribution in [3.8, 4) is 0 Å². The quantitative estimate of drug-likeness (QED) is 0.788. The monoisotopic (exact) mass is 395 g/mol. The Morgan fingerprint density at radius 2 is 2.24 bits per heavy atom. The summed E-state index contributed by atoms with van der Waals surface area (Å²) < 4.78 is 38.7. The Hall–Kier alpha value is -0.600. The van der Waals surface area contributed by atoms with Crippen molar-refractivity contribution in [2.24, 2.45) is 0 Å². The van der Waals surface area contributed by atoms with E-state index in [4.69, 9.17) is 0 Å². The van der Waals surface area contributed by atoms with E-state index < -0.39 is 26.9 Å². The number of halogens is 2. The van der Waals surface area contributed by atoms with Crippen LogP contribution in [0.3, 0.4) is 0 Å². The Morgan fingerprint density at radius 3 is 2.86 bits per heavy atom. The predicted octanol–water partition coefficient (Wildman–Crippen LogP) is 2.54. The fraction of sp³-hybridized carbons (Fsp3) is 0.462. The lowest BCUT2D eigenvalue weighted by Crippen LogP contribution is -2.50. The van der Waals surface area contributed by atoms with Crippen molar-refractivity contribution in [3.05, 3.63) is 34.1 Å². The van der Waals surface area contributed by atoms with Crippen molar-refractivity contribution in [3.63, 3.8) is 0 Å². The van der Waals surface area contributed by atoms with E-state index in [1.165, 1.54) is 28.8 Å². The number of amides is 1. The van der Waals surface area contributed by atoms with E-state index in [1.807, 2.05) is 0 Å². The molecule has 4 nitrogen and oxygen atoms in total. The molecule has 0 bridgehead atoms. The lowest BCUT2D eigenvalue weighted by molar-refractivity contribution is 0.0744. The topological polar surface area (TPSA) is 54.5 Å². The van der Waals surface area contributed by atoms with Gasteiger partial charge in [0, 0.05) is 28.3 Å². The molecule has 0 aliphatic carbocycles. The zero-order chi connectivity index (χ0) is 15.6. The van der Waals surface area contributed by atoms with Crippen molar-refractivity contribution in [2.45, 2.75) is 12.3 Å². The highest BCUT2D eigenvalue weighted by Gasteiger charge is 2.36. The van der Waals surface area contributed by atoms with Crippen LogP contribution in [0.5, 0.6) is 0 Å². The second kappa shape index (κ2) is 6.66. The largest absolute Gasteiger partial charge is 0.320 e. The molecular formula is C13H15BrFNO3S2. The number of carbonyl (C=O) groups excluding carboxylic acids is 1. The Bertz CT molecular complexity index is 651. The van der Waals surface area contributed by atoms with Gasteiger partial charge in [0.1, 0.15) is 11.2 Å². The van der Waals surface area contributed by atoms with Crippen LogP contribution in [0, 0.1) is 5.82 Å². The molecule has 21 heavy (non-hydrogen) atoms. The normalized spacial score (nSPS) is 19.6. The maximum Gasteiger partial charge on any atom is 0.257 e. The van der Waals surface area contributed by atoms with Gasteiger partial charge in [-0.3, -0.25) is 4.79 Å². The first-order valence-electron chi connectivity index (χ1n) is 6.42. The molecule has 0 spiro atoms. The summed E-state index contributed by atoms with van der Waals surface area (Å²) in [7, 11) is -3.39. The minimum absolute atomic E-state index is 0.0369. The Labute approximate surface area is 136 Å². The molecule has 0 saturated carbocycles. The Morgan fingerprint density at radius 1 is 1.52 bits per heavy atom. The minimum atomic E-state index is -3.39. The maximum absolute atomic E-state index is 13.9. The van der Waals surface area contributed by atoms with Crippen LogP contribution in [0.2, 0.25) is 0 Å². The first kappa shape index (κ1) is 16.8. The molecule has 1 atom stereocenters. The van der Waals surface area contributed by atoms with Crippen LogP contribution >= 0.6 is 27.7 Å². The molecule has 116 valence electrons. The molecule has 1 aliphatic heterocycles. The van der Waals surface area contributed by atoms with Crippen molar-refractivity contribution in [1.29, 1.82) is 0 Å². The third-order valence-corrected chi connectivity index (χ3v) is 7.11. The van der Waals surface area contributed by atoms with Gasteiger partial charge in [-0.05, 0) is 18.2 Å². The predicted molar refractivity (Wildman–Crippen MR) is 85.7 cm³/mol. The standard InChI is InChI=1S/C13H15BrFNO3S2/c1-2-21(18,19)12-8-20-6-5-16(12)13(17)10-4-3-9(14)7-11(10)15/h3-4,7,12H,2,5-6,8H2,1H3. The smallest absolute Gasteiger partial charge is 0.257 e. The van der Waals surface area contributed by atoms with Crippen molar-refractivity contribution >= 4 is 43.4 Å². The number of nitrogens with zero attached hydrogens (tertiary/aromatic N) is 1. The molecule has 0 N–H and O–H groups in total. The number of hydrogen-bond donors (Lipinski definition) is 0. The molecule has 1 aromatic rings. The van der Waals surface area contributed by atoms with E-state index in [0.29, 0.717) is 22.5 Å². The van der Waals surface area contributed by atoms with Gasteiger partial charge in [-0.2, -0.15) is 11.8 Å². The summed E-state index contributed by atoms with van der Waals surface area (Å²) in [4.78, 5) is 13.8. The molecule has 0 aromatic heterocycles. The summed E-state index contributed by atoms with van der Waals surface area (Å²) >= 11 is 4.63. The molecule has 1 aliphatic rings. The highest BCUT2D eigenvalue weighted by molar-refractivity contribution is 9.10. The Balaban J connectivity index is 2.35. The summed E-state index contributed by atoms with van der Waals surface area (Å²) in [5.41, 5.74) is -0.0959. The third-order valence-electron chi connectivity index (χ3n) is 3.32. The van der Waals surface area contributed by atoms with Crippen LogP contribution in [0.15, 0.2) is 22.7 Å². The van der Waals surface area contributed by atoms with Crippen LogP contribution in [-0.2, 0) is 9.84 Å². The molecule has 1 heterocycles. The zero-order valence-corrected chi connectivity index (χ0v) is 14.6. The van der Waals surface area contributed by atoms with Gasteiger partial charge >= 0.3 is 0 Å². The SMILES string of the molecule is CCS(=O)(=O)C1CSCCN1C(=O)c1ccc(Br)cc1F. The number of sulfone groups is 1. The average Bonchev–Trinajstić information content (AvgIpc) is 2.46. The van der Waals surface area contributed by atoms with Gasteiger partial charge in [0.05, 0.1) is 5.56 Å². The first-order valence-corrected chi connectivity index (χ1v) is 10.1. The van der Waals surface area contributed by atoms with Crippen LogP contribution in [0.25, 0.3) is 0 Å². The van der Waals surface area contributed by atoms with E-state index in [0.717, 1.165) is 0 Å². The molecule has 1 fully saturated rings. The zero-order valence-electron chi connectivity index (χ0n) is 11.4. The molecule has 1 amide bonds. The molecule has 1 saturated heterocycles. The molecule has 1 aromatic carbocycles. The number of rotatable bonds is 3. The van der Waals surface area contributed by atoms with Crippen molar-refractivity contribution in [2.75, 3.05) is 23.8 Å². The Kier molecular flexibility index (Phi) is 5.32. The van der Waals surface area contributed by atoms with Gasteiger partial charge in [0.2, 0.25) is 0 Å². The van der Waals surface area contributed by atoms with Crippen molar-refractivity contribution < 1.29 is 17.6 Å². The van der Waals surface area contributed by atoms with E-state index in [1.54, 1.807) is 13.0 Å². The van der Waals surface area contributed by atoms with Gasteiger partial charge in [0.15, 0.2) is 9.84 Å². The van der Waals surface area contributed by atoms with Gasteiger partial charge in [-0.15, -0.1) is 0 Å². The van der Waals surface area contributed by atoms with E-state index in [2.05, 4.69) is 15.9 Å². The first-order chi connectivity index (χ1) is 9.86. The summed E-state index contributed by atoms with van der Waals surface area (Å²) in [6.45, 7) is 1.86. The summed E-state index contributed by atoms with van der Waals surface area (Å²) in [6.07, 6.45) is 0. The van der Waals surface area contributed by atoms with Gasteiger partial charge < -0.3 is 4.90 Å². The van der Waals surface area contributed by atoms with Gasteiger partial charge in [-0.1, -0.05) is 22.9 Å². The lowest BCUT2D eigenvalue weighted by atomic mass is 10.2. The van der Waals surface area contributed by atoms with E-state index in [9.17, 15) is 17.6 Å². The second-order valence-electron chi connectivity index (χ2n) is 4.60. The average molecular weight is 396 g/mol. The van der Waals surface area contributed by atoms with Gasteiger partial charge in [-0.25, -0.2) is 12.8 Å². The van der Waals surface area contributed by atoms with Gasteiger partial charge in [0.25, 0.3) is 5.91 Å². The molecule has 2 rings (SSSR count). The number of thioether (sulfide) groups is 1. The summed E-state index contributed by atoms with van der Waals surface area (Å²) in [5.74, 6) is -0.271. The molecule has 1 unspecified atom stereocenters. The summed E-state index contributed by atoms with van der Waals surface area (Å²) in [6, 6.07) is 4.15. The van der Waals surface area contributed by atoms with Crippen molar-refractivity contribution in [1.82, 2.24) is 4.90 Å². The highest BCUT2D eigenvalue weighted by Crippen LogP contribution is 2.25. The summed E-state index contributed by atoms with van der Waals surface area (Å²) in [5, 5.41) is -0.878. The fourth-order valence-corrected chi connectivity index (χ4v) is 5.42. The molecular weight excluding hydrogens is 381 g/mol. The fourth-order valence-electron chi connectivity index (χ4n) is 2.12. The van der Waals surface area contributed by atoms with E-state index in [-0.39, 0.29) is 11.3 Å². The van der Waals surface area contributed by atoms with Crippen LogP contribution < -0.4 is 0 Å².